The second kappa shape index (κ2) is 15.7. The van der Waals surface area contributed by atoms with Gasteiger partial charge in [0.1, 0.15) is 6.10 Å². The summed E-state index contributed by atoms with van der Waals surface area (Å²) in [7, 11) is 0. The third kappa shape index (κ3) is 10.5. The summed E-state index contributed by atoms with van der Waals surface area (Å²) in [6.07, 6.45) is 17.0. The predicted octanol–water partition coefficient (Wildman–Crippen LogP) is 7.15. The number of ether oxygens (including phenoxy) is 1. The maximum absolute atomic E-state index is 12.9. The zero-order chi connectivity index (χ0) is 21.5. The molecule has 0 aromatic carbocycles. The second-order valence-electron chi connectivity index (χ2n) is 9.09. The fourth-order valence-electron chi connectivity index (χ4n) is 4.69. The van der Waals surface area contributed by atoms with Crippen LogP contribution in [0.3, 0.4) is 0 Å². The molecule has 0 bridgehead atoms. The Hall–Kier alpha value is -1.06. The molecule has 0 aromatic rings. The van der Waals surface area contributed by atoms with Crippen molar-refractivity contribution in [3.8, 4) is 0 Å². The average molecular weight is 411 g/mol. The first-order valence-corrected chi connectivity index (χ1v) is 12.5. The molecule has 4 heteroatoms. The number of hydrogen-bond donors (Lipinski definition) is 1. The van der Waals surface area contributed by atoms with Gasteiger partial charge in [0, 0.05) is 0 Å². The minimum Gasteiger partial charge on any atom is -0.481 e. The molecule has 0 heterocycles. The first-order valence-electron chi connectivity index (χ1n) is 12.5. The highest BCUT2D eigenvalue weighted by atomic mass is 16.5. The molecule has 1 rings (SSSR count). The van der Waals surface area contributed by atoms with Gasteiger partial charge in [-0.3, -0.25) is 9.59 Å². The fourth-order valence-corrected chi connectivity index (χ4v) is 4.69. The van der Waals surface area contributed by atoms with Crippen LogP contribution in [0.2, 0.25) is 0 Å². The van der Waals surface area contributed by atoms with E-state index in [2.05, 4.69) is 20.8 Å². The summed E-state index contributed by atoms with van der Waals surface area (Å²) in [5.41, 5.74) is 0. The highest BCUT2D eigenvalue weighted by Crippen LogP contribution is 2.32. The van der Waals surface area contributed by atoms with Gasteiger partial charge < -0.3 is 9.84 Å². The van der Waals surface area contributed by atoms with Crippen LogP contribution in [-0.4, -0.2) is 23.1 Å². The lowest BCUT2D eigenvalue weighted by atomic mass is 9.81. The molecule has 0 radical (unpaired) electrons. The Morgan fingerprint density at radius 2 is 1.48 bits per heavy atom. The summed E-state index contributed by atoms with van der Waals surface area (Å²) >= 11 is 0. The zero-order valence-corrected chi connectivity index (χ0v) is 19.3. The van der Waals surface area contributed by atoms with Crippen LogP contribution in [0.25, 0.3) is 0 Å². The Labute approximate surface area is 179 Å². The number of carboxylic acid groups (broad SMARTS) is 1. The number of hydrogen-bond acceptors (Lipinski definition) is 3. The summed E-state index contributed by atoms with van der Waals surface area (Å²) in [6, 6.07) is 0. The van der Waals surface area contributed by atoms with E-state index in [4.69, 9.17) is 4.74 Å². The minimum absolute atomic E-state index is 0.0000959. The molecule has 1 fully saturated rings. The molecular weight excluding hydrogens is 364 g/mol. The molecule has 0 aliphatic heterocycles. The van der Waals surface area contributed by atoms with Crippen LogP contribution in [-0.2, 0) is 14.3 Å². The number of esters is 1. The van der Waals surface area contributed by atoms with Gasteiger partial charge in [0.05, 0.1) is 11.8 Å². The quantitative estimate of drug-likeness (QED) is 0.217. The van der Waals surface area contributed by atoms with Gasteiger partial charge in [0.15, 0.2) is 0 Å². The van der Waals surface area contributed by atoms with Crippen molar-refractivity contribution in [3.05, 3.63) is 0 Å². The molecule has 1 N–H and O–H groups in total. The fraction of sp³-hybridized carbons (Fsp3) is 0.920. The monoisotopic (exact) mass is 410 g/mol. The van der Waals surface area contributed by atoms with Crippen LogP contribution < -0.4 is 0 Å². The Bertz CT molecular complexity index is 448. The minimum atomic E-state index is -0.767. The largest absolute Gasteiger partial charge is 0.481 e. The van der Waals surface area contributed by atoms with Gasteiger partial charge >= 0.3 is 11.9 Å². The van der Waals surface area contributed by atoms with Crippen LogP contribution in [0.15, 0.2) is 0 Å². The molecule has 0 amide bonds. The Morgan fingerprint density at radius 3 is 2.10 bits per heavy atom. The number of aliphatic carboxylic acids is 1. The number of carbonyl (C=O) groups is 2. The summed E-state index contributed by atoms with van der Waals surface area (Å²) in [5.74, 6) is -1.09. The van der Waals surface area contributed by atoms with Gasteiger partial charge in [-0.15, -0.1) is 0 Å². The highest BCUT2D eigenvalue weighted by Gasteiger charge is 2.34. The average Bonchev–Trinajstić information content (AvgIpc) is 2.73. The topological polar surface area (TPSA) is 63.6 Å². The van der Waals surface area contributed by atoms with E-state index in [1.165, 1.54) is 44.9 Å². The molecule has 0 aromatic heterocycles. The smallest absolute Gasteiger partial charge is 0.309 e. The SMILES string of the molecule is CCCCCCCCCC(OC(=O)C1CCCC(C(=O)O)C1)C(CC)CCCC. The first-order chi connectivity index (χ1) is 14.0. The van der Waals surface area contributed by atoms with E-state index < -0.39 is 5.97 Å². The van der Waals surface area contributed by atoms with Crippen molar-refractivity contribution >= 4 is 11.9 Å². The van der Waals surface area contributed by atoms with Crippen LogP contribution in [0.4, 0.5) is 0 Å². The summed E-state index contributed by atoms with van der Waals surface area (Å²) in [5, 5.41) is 9.31. The van der Waals surface area contributed by atoms with Gasteiger partial charge in [-0.2, -0.15) is 0 Å². The molecule has 0 spiro atoms. The molecule has 1 aliphatic carbocycles. The molecule has 29 heavy (non-hydrogen) atoms. The van der Waals surface area contributed by atoms with Gasteiger partial charge in [-0.25, -0.2) is 0 Å². The first kappa shape index (κ1) is 26.0. The van der Waals surface area contributed by atoms with E-state index >= 15 is 0 Å². The van der Waals surface area contributed by atoms with Crippen molar-refractivity contribution in [2.24, 2.45) is 17.8 Å². The van der Waals surface area contributed by atoms with Crippen LogP contribution in [0.5, 0.6) is 0 Å². The van der Waals surface area contributed by atoms with Gasteiger partial charge in [-0.05, 0) is 50.9 Å². The third-order valence-corrected chi connectivity index (χ3v) is 6.70. The van der Waals surface area contributed by atoms with Gasteiger partial charge in [-0.1, -0.05) is 78.6 Å². The Balaban J connectivity index is 2.57. The molecule has 4 nitrogen and oxygen atoms in total. The molecule has 4 unspecified atom stereocenters. The lowest BCUT2D eigenvalue weighted by Gasteiger charge is -2.30. The Morgan fingerprint density at radius 1 is 0.862 bits per heavy atom. The molecular formula is C25H46O4. The summed E-state index contributed by atoms with van der Waals surface area (Å²) < 4.78 is 6.08. The van der Waals surface area contributed by atoms with E-state index in [-0.39, 0.29) is 23.9 Å². The van der Waals surface area contributed by atoms with Gasteiger partial charge in [0.2, 0.25) is 0 Å². The third-order valence-electron chi connectivity index (χ3n) is 6.70. The zero-order valence-electron chi connectivity index (χ0n) is 19.3. The van der Waals surface area contributed by atoms with Crippen molar-refractivity contribution < 1.29 is 19.4 Å². The molecule has 170 valence electrons. The van der Waals surface area contributed by atoms with E-state index in [1.54, 1.807) is 0 Å². The van der Waals surface area contributed by atoms with Crippen molar-refractivity contribution in [1.29, 1.82) is 0 Å². The predicted molar refractivity (Wildman–Crippen MR) is 119 cm³/mol. The summed E-state index contributed by atoms with van der Waals surface area (Å²) in [4.78, 5) is 24.2. The Kier molecular flexibility index (Phi) is 14.1. The maximum atomic E-state index is 12.9. The molecule has 4 atom stereocenters. The van der Waals surface area contributed by atoms with E-state index in [0.717, 1.165) is 44.9 Å². The van der Waals surface area contributed by atoms with Crippen molar-refractivity contribution in [3.63, 3.8) is 0 Å². The van der Waals surface area contributed by atoms with E-state index in [1.807, 2.05) is 0 Å². The lowest BCUT2D eigenvalue weighted by Crippen LogP contribution is -2.33. The van der Waals surface area contributed by atoms with Crippen LogP contribution in [0, 0.1) is 17.8 Å². The highest BCUT2D eigenvalue weighted by molar-refractivity contribution is 5.75. The second-order valence-corrected chi connectivity index (χ2v) is 9.09. The number of rotatable bonds is 16. The maximum Gasteiger partial charge on any atom is 0.309 e. The van der Waals surface area contributed by atoms with Gasteiger partial charge in [0.25, 0.3) is 0 Å². The summed E-state index contributed by atoms with van der Waals surface area (Å²) in [6.45, 7) is 6.65. The number of carbonyl (C=O) groups excluding carboxylic acids is 1. The molecule has 0 saturated heterocycles. The lowest BCUT2D eigenvalue weighted by molar-refractivity contribution is -0.160. The van der Waals surface area contributed by atoms with E-state index in [0.29, 0.717) is 18.8 Å². The van der Waals surface area contributed by atoms with Crippen LogP contribution >= 0.6 is 0 Å². The molecule has 1 aliphatic rings. The normalized spacial score (nSPS) is 21.5. The van der Waals surface area contributed by atoms with Crippen molar-refractivity contribution in [2.45, 2.75) is 130 Å². The standard InChI is InChI=1S/C25H46O4/c1-4-7-9-10-11-12-13-18-23(20(6-3)15-8-5-2)29-25(28)22-17-14-16-21(19-22)24(26)27/h20-23H,4-19H2,1-3H3,(H,26,27). The molecule has 1 saturated carbocycles. The van der Waals surface area contributed by atoms with Crippen molar-refractivity contribution in [2.75, 3.05) is 0 Å². The number of carboxylic acids is 1. The number of unbranched alkanes of at least 4 members (excludes halogenated alkanes) is 7. The van der Waals surface area contributed by atoms with Crippen molar-refractivity contribution in [1.82, 2.24) is 0 Å². The van der Waals surface area contributed by atoms with E-state index in [9.17, 15) is 14.7 Å². The van der Waals surface area contributed by atoms with Crippen LogP contribution in [0.1, 0.15) is 124 Å².